The zero-order valence-electron chi connectivity index (χ0n) is 10.4. The molecular formula is C17H17N. The number of hydrogen-bond donors (Lipinski definition) is 0. The predicted molar refractivity (Wildman–Crippen MR) is 77.0 cm³/mol. The van der Waals surface area contributed by atoms with Gasteiger partial charge in [0, 0.05) is 0 Å². The second-order valence-corrected chi connectivity index (χ2v) is 4.04. The molecule has 0 N–H and O–H groups in total. The lowest BCUT2D eigenvalue weighted by Crippen LogP contribution is -2.18. The Morgan fingerprint density at radius 2 is 1.11 bits per heavy atom. The first-order valence-corrected chi connectivity index (χ1v) is 5.99. The van der Waals surface area contributed by atoms with Gasteiger partial charge in [-0.05, 0) is 23.5 Å². The van der Waals surface area contributed by atoms with Crippen molar-refractivity contribution in [2.24, 2.45) is 0 Å². The molecule has 0 unspecified atom stereocenters. The van der Waals surface area contributed by atoms with Gasteiger partial charge in [0.05, 0.1) is 6.04 Å². The molecule has 0 aliphatic rings. The van der Waals surface area contributed by atoms with Crippen LogP contribution in [0, 0.1) is 0 Å². The Morgan fingerprint density at radius 3 is 1.44 bits per heavy atom. The van der Waals surface area contributed by atoms with Gasteiger partial charge in [-0.25, -0.2) is 0 Å². The Hall–Kier alpha value is -2.28. The topological polar surface area (TPSA) is 3.24 Å². The van der Waals surface area contributed by atoms with E-state index in [1.54, 1.807) is 12.4 Å². The van der Waals surface area contributed by atoms with Crippen LogP contribution in [0.1, 0.15) is 17.2 Å². The quantitative estimate of drug-likeness (QED) is 0.744. The highest BCUT2D eigenvalue weighted by Crippen LogP contribution is 2.28. The van der Waals surface area contributed by atoms with Crippen molar-refractivity contribution in [3.63, 3.8) is 0 Å². The molecule has 0 amide bonds. The van der Waals surface area contributed by atoms with Crippen molar-refractivity contribution in [3.8, 4) is 0 Å². The molecule has 2 aromatic carbocycles. The van der Waals surface area contributed by atoms with Crippen LogP contribution >= 0.6 is 0 Å². The average Bonchev–Trinajstić information content (AvgIpc) is 2.46. The van der Waals surface area contributed by atoms with E-state index in [-0.39, 0.29) is 6.04 Å². The van der Waals surface area contributed by atoms with Gasteiger partial charge in [0.1, 0.15) is 0 Å². The van der Waals surface area contributed by atoms with Gasteiger partial charge in [-0.2, -0.15) is 0 Å². The standard InChI is InChI=1S/C17H17N/c1-3-18(4-2)17(15-11-7-5-8-12-15)16-13-9-6-10-14-16/h3-14,17H,1-2H2. The molecule has 0 fully saturated rings. The summed E-state index contributed by atoms with van der Waals surface area (Å²) in [5.41, 5.74) is 2.45. The van der Waals surface area contributed by atoms with Gasteiger partial charge in [-0.3, -0.25) is 0 Å². The first-order valence-electron chi connectivity index (χ1n) is 5.99. The third-order valence-electron chi connectivity index (χ3n) is 2.95. The molecule has 18 heavy (non-hydrogen) atoms. The third kappa shape index (κ3) is 2.51. The van der Waals surface area contributed by atoms with Crippen molar-refractivity contribution >= 4 is 0 Å². The summed E-state index contributed by atoms with van der Waals surface area (Å²) in [6, 6.07) is 20.9. The Labute approximate surface area is 109 Å². The summed E-state index contributed by atoms with van der Waals surface area (Å²) in [7, 11) is 0. The van der Waals surface area contributed by atoms with E-state index in [0.717, 1.165) is 0 Å². The average molecular weight is 235 g/mol. The SMILES string of the molecule is C=CN(C=C)C(c1ccccc1)c1ccccc1. The van der Waals surface area contributed by atoms with Crippen LogP contribution in [0.15, 0.2) is 86.2 Å². The van der Waals surface area contributed by atoms with Gasteiger partial charge >= 0.3 is 0 Å². The lowest BCUT2D eigenvalue weighted by Gasteiger charge is -2.28. The minimum Gasteiger partial charge on any atom is -0.344 e. The van der Waals surface area contributed by atoms with Crippen LogP contribution < -0.4 is 0 Å². The van der Waals surface area contributed by atoms with E-state index in [1.807, 2.05) is 17.0 Å². The van der Waals surface area contributed by atoms with Crippen LogP contribution in [0.25, 0.3) is 0 Å². The van der Waals surface area contributed by atoms with Crippen molar-refractivity contribution in [2.45, 2.75) is 6.04 Å². The van der Waals surface area contributed by atoms with Gasteiger partial charge in [0.2, 0.25) is 0 Å². The Balaban J connectivity index is 2.47. The zero-order valence-corrected chi connectivity index (χ0v) is 10.4. The molecular weight excluding hydrogens is 218 g/mol. The fourth-order valence-electron chi connectivity index (χ4n) is 2.09. The maximum Gasteiger partial charge on any atom is 0.0832 e. The van der Waals surface area contributed by atoms with Gasteiger partial charge in [0.15, 0.2) is 0 Å². The summed E-state index contributed by atoms with van der Waals surface area (Å²) in [6.07, 6.45) is 3.61. The van der Waals surface area contributed by atoms with Crippen LogP contribution in [0.3, 0.4) is 0 Å². The molecule has 1 heteroatoms. The van der Waals surface area contributed by atoms with Gasteiger partial charge in [-0.15, -0.1) is 0 Å². The molecule has 1 nitrogen and oxygen atoms in total. The van der Waals surface area contributed by atoms with Gasteiger partial charge < -0.3 is 4.90 Å². The summed E-state index contributed by atoms with van der Waals surface area (Å²) in [5.74, 6) is 0. The van der Waals surface area contributed by atoms with Crippen molar-refractivity contribution in [2.75, 3.05) is 0 Å². The lowest BCUT2D eigenvalue weighted by atomic mass is 9.97. The third-order valence-corrected chi connectivity index (χ3v) is 2.95. The zero-order chi connectivity index (χ0) is 12.8. The lowest BCUT2D eigenvalue weighted by molar-refractivity contribution is 0.430. The molecule has 0 spiro atoms. The molecule has 0 atom stereocenters. The highest BCUT2D eigenvalue weighted by atomic mass is 15.1. The minimum absolute atomic E-state index is 0.127. The van der Waals surface area contributed by atoms with Crippen molar-refractivity contribution < 1.29 is 0 Å². The van der Waals surface area contributed by atoms with E-state index < -0.39 is 0 Å². The Morgan fingerprint density at radius 1 is 0.722 bits per heavy atom. The number of nitrogens with zero attached hydrogens (tertiary/aromatic N) is 1. The van der Waals surface area contributed by atoms with E-state index in [1.165, 1.54) is 11.1 Å². The molecule has 90 valence electrons. The molecule has 0 bridgehead atoms. The monoisotopic (exact) mass is 235 g/mol. The molecule has 0 saturated heterocycles. The van der Waals surface area contributed by atoms with Crippen molar-refractivity contribution in [3.05, 3.63) is 97.3 Å². The largest absolute Gasteiger partial charge is 0.344 e. The molecule has 0 heterocycles. The van der Waals surface area contributed by atoms with Crippen LogP contribution in [0.2, 0.25) is 0 Å². The summed E-state index contributed by atoms with van der Waals surface area (Å²) < 4.78 is 0. The number of hydrogen-bond acceptors (Lipinski definition) is 1. The molecule has 0 aromatic heterocycles. The van der Waals surface area contributed by atoms with E-state index in [2.05, 4.69) is 61.7 Å². The van der Waals surface area contributed by atoms with E-state index in [0.29, 0.717) is 0 Å². The van der Waals surface area contributed by atoms with E-state index in [9.17, 15) is 0 Å². The summed E-state index contributed by atoms with van der Waals surface area (Å²) in [6.45, 7) is 7.72. The van der Waals surface area contributed by atoms with Crippen molar-refractivity contribution in [1.82, 2.24) is 4.90 Å². The highest BCUT2D eigenvalue weighted by molar-refractivity contribution is 5.32. The predicted octanol–water partition coefficient (Wildman–Crippen LogP) is 4.37. The summed E-state index contributed by atoms with van der Waals surface area (Å²) >= 11 is 0. The maximum absolute atomic E-state index is 3.86. The minimum atomic E-state index is 0.127. The first kappa shape index (κ1) is 12.2. The smallest absolute Gasteiger partial charge is 0.0832 e. The Kier molecular flexibility index (Phi) is 3.98. The molecule has 0 saturated carbocycles. The van der Waals surface area contributed by atoms with Crippen LogP contribution in [-0.4, -0.2) is 4.90 Å². The number of rotatable bonds is 5. The van der Waals surface area contributed by atoms with Crippen molar-refractivity contribution in [1.29, 1.82) is 0 Å². The fourth-order valence-corrected chi connectivity index (χ4v) is 2.09. The first-order chi connectivity index (χ1) is 8.86. The van der Waals surface area contributed by atoms with Crippen LogP contribution in [-0.2, 0) is 0 Å². The molecule has 2 aromatic rings. The highest BCUT2D eigenvalue weighted by Gasteiger charge is 2.16. The summed E-state index contributed by atoms with van der Waals surface area (Å²) in [4.78, 5) is 2.02. The fraction of sp³-hybridized carbons (Fsp3) is 0.0588. The molecule has 2 rings (SSSR count). The summed E-state index contributed by atoms with van der Waals surface area (Å²) in [5, 5.41) is 0. The normalized spacial score (nSPS) is 10.1. The van der Waals surface area contributed by atoms with Gasteiger partial charge in [0.25, 0.3) is 0 Å². The molecule has 0 radical (unpaired) electrons. The Bertz CT molecular complexity index is 454. The van der Waals surface area contributed by atoms with Crippen LogP contribution in [0.4, 0.5) is 0 Å². The maximum atomic E-state index is 3.86. The van der Waals surface area contributed by atoms with Gasteiger partial charge in [-0.1, -0.05) is 73.8 Å². The second-order valence-electron chi connectivity index (χ2n) is 4.04. The van der Waals surface area contributed by atoms with Crippen LogP contribution in [0.5, 0.6) is 0 Å². The van der Waals surface area contributed by atoms with E-state index in [4.69, 9.17) is 0 Å². The number of benzene rings is 2. The van der Waals surface area contributed by atoms with E-state index >= 15 is 0 Å². The molecule has 0 aliphatic carbocycles. The second kappa shape index (κ2) is 5.87. The molecule has 0 aliphatic heterocycles.